The van der Waals surface area contributed by atoms with Crippen LogP contribution in [0.1, 0.15) is 35.5 Å². The van der Waals surface area contributed by atoms with Crippen LogP contribution >= 0.6 is 0 Å². The van der Waals surface area contributed by atoms with E-state index in [1.807, 2.05) is 18.2 Å². The molecule has 2 aromatic carbocycles. The van der Waals surface area contributed by atoms with Crippen molar-refractivity contribution in [2.45, 2.75) is 25.8 Å². The Morgan fingerprint density at radius 3 is 2.57 bits per heavy atom. The molecule has 1 aromatic heterocycles. The zero-order valence-corrected chi connectivity index (χ0v) is 16.4. The highest BCUT2D eigenvalue weighted by atomic mass is 19.1. The average Bonchev–Trinajstić information content (AvgIpc) is 3.21. The largest absolute Gasteiger partial charge is 0.384 e. The van der Waals surface area contributed by atoms with Crippen molar-refractivity contribution in [3.05, 3.63) is 64.9 Å². The van der Waals surface area contributed by atoms with Crippen LogP contribution in [0.2, 0.25) is 0 Å². The van der Waals surface area contributed by atoms with Crippen LogP contribution in [0.4, 0.5) is 26.0 Å². The number of carbonyl (C=O) groups excluding carboxylic acids is 1. The third kappa shape index (κ3) is 2.87. The fraction of sp³-hybridized carbons (Fsp3) is 0.227. The molecule has 2 aliphatic rings. The Kier molecular flexibility index (Phi) is 3.99. The van der Waals surface area contributed by atoms with E-state index >= 15 is 0 Å². The van der Waals surface area contributed by atoms with Crippen LogP contribution in [0.3, 0.4) is 0 Å². The van der Waals surface area contributed by atoms with Crippen molar-refractivity contribution in [3.8, 4) is 11.4 Å². The molecule has 3 aromatic rings. The minimum absolute atomic E-state index is 0.0272. The Morgan fingerprint density at radius 1 is 1.03 bits per heavy atom. The predicted molar refractivity (Wildman–Crippen MR) is 110 cm³/mol. The standard InChI is InChI=1S/C22H19F2N5O/c1-22(2)10-26-15-8-11(6-7-12(15)22)27-20-18-16(9-25-21(18)30)28-19(29-20)17-13(23)4-3-5-14(17)24/h3-8,26H,9-10H2,1-2H3,(H,25,30)(H,27,28,29). The van der Waals surface area contributed by atoms with E-state index < -0.39 is 11.6 Å². The first-order chi connectivity index (χ1) is 14.3. The molecule has 0 aliphatic carbocycles. The number of rotatable bonds is 3. The SMILES string of the molecule is CC1(C)CNc2cc(Nc3nc(-c4c(F)cccc4F)nc4c3C(=O)NC4)ccc21. The molecule has 1 amide bonds. The van der Waals surface area contributed by atoms with Gasteiger partial charge in [-0.05, 0) is 29.8 Å². The Labute approximate surface area is 171 Å². The summed E-state index contributed by atoms with van der Waals surface area (Å²) in [5, 5.41) is 9.21. The van der Waals surface area contributed by atoms with E-state index in [0.717, 1.165) is 24.4 Å². The number of nitrogens with zero attached hydrogens (tertiary/aromatic N) is 2. The van der Waals surface area contributed by atoms with Gasteiger partial charge in [-0.1, -0.05) is 26.0 Å². The van der Waals surface area contributed by atoms with Gasteiger partial charge in [0.15, 0.2) is 5.82 Å². The zero-order valence-electron chi connectivity index (χ0n) is 16.4. The predicted octanol–water partition coefficient (Wildman–Crippen LogP) is 4.11. The summed E-state index contributed by atoms with van der Waals surface area (Å²) >= 11 is 0. The number of halogens is 2. The van der Waals surface area contributed by atoms with Crippen molar-refractivity contribution in [1.29, 1.82) is 0 Å². The average molecular weight is 407 g/mol. The van der Waals surface area contributed by atoms with E-state index in [1.54, 1.807) is 0 Å². The monoisotopic (exact) mass is 407 g/mol. The molecule has 0 spiro atoms. The van der Waals surface area contributed by atoms with E-state index in [1.165, 1.54) is 11.6 Å². The number of anilines is 3. The molecule has 0 radical (unpaired) electrons. The third-order valence-corrected chi connectivity index (χ3v) is 5.55. The number of hydrogen-bond acceptors (Lipinski definition) is 5. The second-order valence-electron chi connectivity index (χ2n) is 8.12. The minimum Gasteiger partial charge on any atom is -0.384 e. The Balaban J connectivity index is 1.60. The van der Waals surface area contributed by atoms with E-state index in [-0.39, 0.29) is 40.6 Å². The molecular formula is C22H19F2N5O. The molecule has 6 nitrogen and oxygen atoms in total. The topological polar surface area (TPSA) is 78.9 Å². The first kappa shape index (κ1) is 18.5. The van der Waals surface area contributed by atoms with Gasteiger partial charge in [0.25, 0.3) is 5.91 Å². The van der Waals surface area contributed by atoms with Crippen molar-refractivity contribution in [3.63, 3.8) is 0 Å². The summed E-state index contributed by atoms with van der Waals surface area (Å²) in [6.07, 6.45) is 0. The van der Waals surface area contributed by atoms with E-state index in [4.69, 9.17) is 0 Å². The normalized spacial score (nSPS) is 15.9. The first-order valence-corrected chi connectivity index (χ1v) is 9.62. The van der Waals surface area contributed by atoms with Crippen LogP contribution in [0.25, 0.3) is 11.4 Å². The van der Waals surface area contributed by atoms with Crippen LogP contribution in [0.5, 0.6) is 0 Å². The molecule has 0 unspecified atom stereocenters. The van der Waals surface area contributed by atoms with Crippen molar-refractivity contribution in [2.24, 2.45) is 0 Å². The maximum atomic E-state index is 14.3. The summed E-state index contributed by atoms with van der Waals surface area (Å²) in [5.41, 5.74) is 3.30. The molecule has 0 saturated heterocycles. The molecule has 0 fully saturated rings. The lowest BCUT2D eigenvalue weighted by atomic mass is 9.87. The lowest BCUT2D eigenvalue weighted by Crippen LogP contribution is -2.18. The number of hydrogen-bond donors (Lipinski definition) is 3. The number of carbonyl (C=O) groups is 1. The number of benzene rings is 2. The second-order valence-corrected chi connectivity index (χ2v) is 8.12. The van der Waals surface area contributed by atoms with Crippen molar-refractivity contribution < 1.29 is 13.6 Å². The fourth-order valence-electron chi connectivity index (χ4n) is 3.95. The summed E-state index contributed by atoms with van der Waals surface area (Å²) < 4.78 is 28.6. The third-order valence-electron chi connectivity index (χ3n) is 5.55. The molecule has 0 bridgehead atoms. The van der Waals surface area contributed by atoms with Crippen LogP contribution < -0.4 is 16.0 Å². The van der Waals surface area contributed by atoms with Crippen molar-refractivity contribution >= 4 is 23.1 Å². The van der Waals surface area contributed by atoms with E-state index in [0.29, 0.717) is 11.4 Å². The zero-order chi connectivity index (χ0) is 21.0. The van der Waals surface area contributed by atoms with Crippen molar-refractivity contribution in [1.82, 2.24) is 15.3 Å². The minimum atomic E-state index is -0.762. The molecule has 152 valence electrons. The quantitative estimate of drug-likeness (QED) is 0.609. The molecule has 8 heteroatoms. The Bertz CT molecular complexity index is 1190. The molecule has 3 heterocycles. The highest BCUT2D eigenvalue weighted by molar-refractivity contribution is 6.03. The highest BCUT2D eigenvalue weighted by Crippen LogP contribution is 2.38. The maximum absolute atomic E-state index is 14.3. The van der Waals surface area contributed by atoms with Gasteiger partial charge in [0.05, 0.1) is 17.8 Å². The van der Waals surface area contributed by atoms with Gasteiger partial charge in [0.1, 0.15) is 23.0 Å². The van der Waals surface area contributed by atoms with E-state index in [9.17, 15) is 13.6 Å². The Morgan fingerprint density at radius 2 is 1.80 bits per heavy atom. The van der Waals surface area contributed by atoms with Gasteiger partial charge < -0.3 is 16.0 Å². The summed E-state index contributed by atoms with van der Waals surface area (Å²) in [5.74, 6) is -1.74. The second kappa shape index (κ2) is 6.48. The summed E-state index contributed by atoms with van der Waals surface area (Å²) in [6.45, 7) is 5.33. The molecule has 0 saturated carbocycles. The smallest absolute Gasteiger partial charge is 0.257 e. The molecule has 30 heavy (non-hydrogen) atoms. The number of fused-ring (bicyclic) bond motifs is 2. The Hall–Kier alpha value is -3.55. The van der Waals surface area contributed by atoms with Crippen LogP contribution in [-0.4, -0.2) is 22.4 Å². The molecule has 5 rings (SSSR count). The summed E-state index contributed by atoms with van der Waals surface area (Å²) in [7, 11) is 0. The van der Waals surface area contributed by atoms with Crippen LogP contribution in [-0.2, 0) is 12.0 Å². The van der Waals surface area contributed by atoms with Gasteiger partial charge >= 0.3 is 0 Å². The van der Waals surface area contributed by atoms with Gasteiger partial charge in [-0.25, -0.2) is 18.7 Å². The fourth-order valence-corrected chi connectivity index (χ4v) is 3.95. The summed E-state index contributed by atoms with van der Waals surface area (Å²) in [6, 6.07) is 9.45. The number of nitrogens with one attached hydrogen (secondary N) is 3. The summed E-state index contributed by atoms with van der Waals surface area (Å²) in [4.78, 5) is 20.9. The molecule has 3 N–H and O–H groups in total. The van der Waals surface area contributed by atoms with Crippen LogP contribution in [0, 0.1) is 11.6 Å². The maximum Gasteiger partial charge on any atom is 0.257 e. The van der Waals surface area contributed by atoms with Gasteiger partial charge in [0, 0.05) is 23.3 Å². The van der Waals surface area contributed by atoms with Crippen molar-refractivity contribution in [2.75, 3.05) is 17.2 Å². The van der Waals surface area contributed by atoms with Gasteiger partial charge in [-0.15, -0.1) is 0 Å². The molecule has 0 atom stereocenters. The number of amides is 1. The van der Waals surface area contributed by atoms with E-state index in [2.05, 4.69) is 39.8 Å². The lowest BCUT2D eigenvalue weighted by molar-refractivity contribution is 0.0966. The lowest BCUT2D eigenvalue weighted by Gasteiger charge is -2.17. The van der Waals surface area contributed by atoms with Gasteiger partial charge in [-0.2, -0.15) is 0 Å². The van der Waals surface area contributed by atoms with Gasteiger partial charge in [-0.3, -0.25) is 4.79 Å². The van der Waals surface area contributed by atoms with Crippen LogP contribution in [0.15, 0.2) is 36.4 Å². The first-order valence-electron chi connectivity index (χ1n) is 9.62. The van der Waals surface area contributed by atoms with Gasteiger partial charge in [0.2, 0.25) is 0 Å². The number of aromatic nitrogens is 2. The highest BCUT2D eigenvalue weighted by Gasteiger charge is 2.31. The molecular weight excluding hydrogens is 388 g/mol. The molecule has 2 aliphatic heterocycles.